The fraction of sp³-hybridized carbons (Fsp3) is 0.836. The maximum absolute atomic E-state index is 15.7. The van der Waals surface area contributed by atoms with E-state index in [1.807, 2.05) is 96.2 Å². The third kappa shape index (κ3) is 23.2. The van der Waals surface area contributed by atoms with Crippen LogP contribution in [0.4, 0.5) is 0 Å². The molecule has 91 heavy (non-hydrogen) atoms. The first-order chi connectivity index (χ1) is 41.6. The van der Waals surface area contributed by atoms with Gasteiger partial charge in [-0.2, -0.15) is 0 Å². The van der Waals surface area contributed by atoms with Crippen molar-refractivity contribution in [1.82, 2.24) is 50.2 Å². The Morgan fingerprint density at radius 2 is 0.912 bits per heavy atom. The van der Waals surface area contributed by atoms with E-state index < -0.39 is 175 Å². The fourth-order valence-electron chi connectivity index (χ4n) is 11.5. The molecule has 524 valence electrons. The number of likely N-dealkylation sites (N-methyl/N-ethyl adjacent to an activating group) is 7. The van der Waals surface area contributed by atoms with Gasteiger partial charge in [0.05, 0.1) is 12.6 Å². The molecule has 0 unspecified atom stereocenters. The Morgan fingerprint density at radius 3 is 1.34 bits per heavy atom. The first-order valence-electron chi connectivity index (χ1n) is 33.2. The lowest BCUT2D eigenvalue weighted by atomic mass is 9.86. The molecule has 12 atom stereocenters. The quantitative estimate of drug-likeness (QED) is 0.125. The molecule has 0 bridgehead atoms. The maximum Gasteiger partial charge on any atom is 0.246 e. The van der Waals surface area contributed by atoms with Crippen molar-refractivity contribution in [2.75, 3.05) is 62.5 Å². The Bertz CT molecular complexity index is 2480. The molecule has 1 rings (SSSR count). The number of rotatable bonds is 17. The molecule has 0 aromatic heterocycles. The van der Waals surface area contributed by atoms with Crippen molar-refractivity contribution in [2.24, 2.45) is 47.3 Å². The van der Waals surface area contributed by atoms with Gasteiger partial charge in [0.1, 0.15) is 54.4 Å². The lowest BCUT2D eigenvalue weighted by molar-refractivity contribution is -0.157. The normalized spacial score (nSPS) is 26.3. The van der Waals surface area contributed by atoms with E-state index in [-0.39, 0.29) is 68.8 Å². The first-order valence-corrected chi connectivity index (χ1v) is 36.1. The zero-order chi connectivity index (χ0) is 71.0. The highest BCUT2D eigenvalue weighted by atomic mass is 28.4. The SMILES string of the molecule is CC[C@@H]1CC(=O)[C@H]([C@H](O[Si](C)(C)C(C)(C)C)[C@H](C)CCO)N(C)C(=O)[C@H](C(C)C)N(C)C(=O)[C@H](CC(C)C)N(C)C(=O)[C@H](CC(C)C)N(C)C(=O)[C@@H](C)NC(=O)[C@H](C)NC(=O)[C@H](CC(C)C)N(C)C(=O)[C@H](C(C)C)NC(=O)[C@H](CC(C)C)N(C)C(=O)CN(C)C1=O. The Hall–Kier alpha value is -5.49. The van der Waals surface area contributed by atoms with Crippen LogP contribution in [0.25, 0.3) is 0 Å². The molecule has 4 N–H and O–H groups in total. The number of hydrogen-bond acceptors (Lipinski definition) is 13. The minimum absolute atomic E-state index is 0.129. The highest BCUT2D eigenvalue weighted by Crippen LogP contribution is 2.40. The summed E-state index contributed by atoms with van der Waals surface area (Å²) in [5.74, 6) is -9.91. The van der Waals surface area contributed by atoms with Crippen molar-refractivity contribution in [1.29, 1.82) is 0 Å². The molecule has 24 heteroatoms. The molecular formula is C67H124N10O13Si. The monoisotopic (exact) mass is 1300 g/mol. The lowest BCUT2D eigenvalue weighted by Crippen LogP contribution is -2.63. The Balaban J connectivity index is 4.53. The summed E-state index contributed by atoms with van der Waals surface area (Å²) < 4.78 is 7.18. The molecule has 0 spiro atoms. The molecule has 1 saturated heterocycles. The molecule has 23 nitrogen and oxygen atoms in total. The molecule has 0 radical (unpaired) electrons. The number of nitrogens with one attached hydrogen (secondary N) is 3. The van der Waals surface area contributed by atoms with E-state index in [0.29, 0.717) is 0 Å². The van der Waals surface area contributed by atoms with Crippen LogP contribution in [0, 0.1) is 47.3 Å². The van der Waals surface area contributed by atoms with Gasteiger partial charge in [-0.1, -0.05) is 118 Å². The second-order valence-electron chi connectivity index (χ2n) is 30.0. The molecule has 1 aliphatic rings. The third-order valence-electron chi connectivity index (χ3n) is 18.4. The number of amides is 10. The van der Waals surface area contributed by atoms with Crippen LogP contribution in [0.2, 0.25) is 18.1 Å². The number of aliphatic hydroxyl groups is 1. The first kappa shape index (κ1) is 83.5. The van der Waals surface area contributed by atoms with Crippen LogP contribution in [0.3, 0.4) is 0 Å². The Kier molecular flexibility index (Phi) is 33.3. The van der Waals surface area contributed by atoms with Crippen molar-refractivity contribution >= 4 is 73.2 Å². The predicted octanol–water partition coefficient (Wildman–Crippen LogP) is 5.81. The molecule has 10 amide bonds. The van der Waals surface area contributed by atoms with Gasteiger partial charge in [-0.25, -0.2) is 0 Å². The largest absolute Gasteiger partial charge is 0.411 e. The Labute approximate surface area is 548 Å². The molecule has 1 fully saturated rings. The van der Waals surface area contributed by atoms with Crippen LogP contribution in [-0.2, 0) is 57.2 Å². The van der Waals surface area contributed by atoms with Gasteiger partial charge in [0.2, 0.25) is 59.1 Å². The van der Waals surface area contributed by atoms with Gasteiger partial charge in [0.15, 0.2) is 14.1 Å². The maximum atomic E-state index is 15.7. The van der Waals surface area contributed by atoms with E-state index in [1.165, 1.54) is 97.5 Å². The second kappa shape index (κ2) is 36.2. The molecule has 0 aromatic carbocycles. The lowest BCUT2D eigenvalue weighted by Gasteiger charge is -2.46. The van der Waals surface area contributed by atoms with Gasteiger partial charge >= 0.3 is 0 Å². The molecule has 1 aliphatic heterocycles. The number of Topliss-reactive ketones (excluding diaryl/α,β-unsaturated/α-hetero) is 1. The van der Waals surface area contributed by atoms with Crippen molar-refractivity contribution in [3.05, 3.63) is 0 Å². The minimum atomic E-state index is -2.82. The molecule has 0 aliphatic carbocycles. The van der Waals surface area contributed by atoms with E-state index in [2.05, 4.69) is 16.0 Å². The smallest absolute Gasteiger partial charge is 0.246 e. The topological polar surface area (TPSA) is 276 Å². The average molecular weight is 1310 g/mol. The summed E-state index contributed by atoms with van der Waals surface area (Å²) in [5.41, 5.74) is 0. The summed E-state index contributed by atoms with van der Waals surface area (Å²) in [5, 5.41) is 18.4. The minimum Gasteiger partial charge on any atom is -0.411 e. The van der Waals surface area contributed by atoms with Crippen LogP contribution < -0.4 is 16.0 Å². The Morgan fingerprint density at radius 1 is 0.505 bits per heavy atom. The van der Waals surface area contributed by atoms with Crippen molar-refractivity contribution in [3.8, 4) is 0 Å². The zero-order valence-corrected chi connectivity index (χ0v) is 62.2. The van der Waals surface area contributed by atoms with Gasteiger partial charge in [-0.05, 0) is 112 Å². The molecule has 0 aromatic rings. The molecular weight excluding hydrogens is 1180 g/mol. The van der Waals surface area contributed by atoms with Crippen molar-refractivity contribution in [2.45, 2.75) is 255 Å². The predicted molar refractivity (Wildman–Crippen MR) is 358 cm³/mol. The van der Waals surface area contributed by atoms with Gasteiger partial charge in [-0.3, -0.25) is 52.7 Å². The number of carbonyl (C=O) groups is 11. The second-order valence-corrected chi connectivity index (χ2v) is 34.7. The average Bonchev–Trinajstić information content (AvgIpc) is 0.816. The van der Waals surface area contributed by atoms with E-state index in [0.717, 1.165) is 0 Å². The highest BCUT2D eigenvalue weighted by Gasteiger charge is 2.49. The van der Waals surface area contributed by atoms with Gasteiger partial charge in [0.25, 0.3) is 0 Å². The van der Waals surface area contributed by atoms with Gasteiger partial charge in [-0.15, -0.1) is 0 Å². The summed E-state index contributed by atoms with van der Waals surface area (Å²) in [6.07, 6.45) is -0.428. The van der Waals surface area contributed by atoms with E-state index >= 15 is 19.2 Å². The number of nitrogens with zero attached hydrogens (tertiary/aromatic N) is 7. The fourth-order valence-corrected chi connectivity index (χ4v) is 12.9. The van der Waals surface area contributed by atoms with Crippen LogP contribution in [0.1, 0.15) is 176 Å². The number of hydrogen-bond donors (Lipinski definition) is 4. The molecule has 1 heterocycles. The summed E-state index contributed by atoms with van der Waals surface area (Å²) in [6, 6.07) is -10.8. The summed E-state index contributed by atoms with van der Waals surface area (Å²) in [7, 11) is 7.43. The summed E-state index contributed by atoms with van der Waals surface area (Å²) in [6.45, 7) is 37.9. The van der Waals surface area contributed by atoms with Crippen LogP contribution >= 0.6 is 0 Å². The van der Waals surface area contributed by atoms with Crippen LogP contribution in [0.15, 0.2) is 0 Å². The van der Waals surface area contributed by atoms with Crippen LogP contribution in [0.5, 0.6) is 0 Å². The van der Waals surface area contributed by atoms with E-state index in [9.17, 15) is 38.7 Å². The number of aliphatic hydroxyl groups excluding tert-OH is 1. The van der Waals surface area contributed by atoms with Crippen molar-refractivity contribution < 1.29 is 62.3 Å². The van der Waals surface area contributed by atoms with E-state index in [4.69, 9.17) is 4.43 Å². The number of carbonyl (C=O) groups excluding carboxylic acids is 11. The third-order valence-corrected chi connectivity index (χ3v) is 22.9. The summed E-state index contributed by atoms with van der Waals surface area (Å²) >= 11 is 0. The van der Waals surface area contributed by atoms with Crippen LogP contribution in [-0.4, -0.2) is 236 Å². The van der Waals surface area contributed by atoms with Crippen molar-refractivity contribution in [3.63, 3.8) is 0 Å². The van der Waals surface area contributed by atoms with Gasteiger partial charge in [0, 0.05) is 68.3 Å². The highest BCUT2D eigenvalue weighted by molar-refractivity contribution is 6.74. The standard InChI is InChI=1S/C67H124N10O13Si/c1-29-47-36-52(79)56(57(44(14)30-31-78)90-91(27,28)67(17,18)19)77(26)66(89)55(43(12)13)76(25)64(87)51(35-41(8)9)75(24)63(86)50(34-40(6)7)74(23)61(84)46(16)69-58(81)45(15)68-59(82)49(33-39(4)5)73(22)65(88)54(42(10)11)70-60(83)48(32-38(2)3)72(21)53(80)37-71(20)62(47)85/h38-51,54-57,78H,29-37H2,1-28H3,(H,68,82)(H,69,81)(H,70,83)/t44-,45+,46-,47-,48+,49+,50+,51+,54+,55+,56-,57-/m1/s1. The number of ketones is 1. The van der Waals surface area contributed by atoms with E-state index in [1.54, 1.807) is 34.6 Å². The van der Waals surface area contributed by atoms with Gasteiger partial charge < -0.3 is 59.8 Å². The molecule has 0 saturated carbocycles. The summed E-state index contributed by atoms with van der Waals surface area (Å²) in [4.78, 5) is 172. The zero-order valence-electron chi connectivity index (χ0n) is 61.2.